The number of nitrogens with one attached hydrogen (secondary N) is 1. The zero-order valence-electron chi connectivity index (χ0n) is 10.9. The molecule has 0 atom stereocenters. The minimum atomic E-state index is -0.403. The van der Waals surface area contributed by atoms with Gasteiger partial charge in [-0.25, -0.2) is 4.98 Å². The van der Waals surface area contributed by atoms with Crippen LogP contribution in [0.15, 0.2) is 17.6 Å². The van der Waals surface area contributed by atoms with Gasteiger partial charge in [-0.3, -0.25) is 10.1 Å². The van der Waals surface area contributed by atoms with E-state index < -0.39 is 4.92 Å². The number of nitrogens with zero attached hydrogens (tertiary/aromatic N) is 2. The second kappa shape index (κ2) is 5.72. The van der Waals surface area contributed by atoms with Gasteiger partial charge in [-0.05, 0) is 44.0 Å². The number of nitro groups is 1. The van der Waals surface area contributed by atoms with E-state index in [0.717, 1.165) is 30.6 Å². The second-order valence-corrected chi connectivity index (χ2v) is 5.76. The largest absolute Gasteiger partial charge is 0.486 e. The van der Waals surface area contributed by atoms with Crippen molar-refractivity contribution >= 4 is 27.2 Å². The van der Waals surface area contributed by atoms with Crippen LogP contribution in [-0.2, 0) is 0 Å². The van der Waals surface area contributed by atoms with E-state index >= 15 is 0 Å². The van der Waals surface area contributed by atoms with E-state index in [0.29, 0.717) is 23.8 Å². The molecule has 1 N–H and O–H groups in total. The van der Waals surface area contributed by atoms with Gasteiger partial charge in [0.1, 0.15) is 0 Å². The maximum atomic E-state index is 11.3. The first kappa shape index (κ1) is 13.3. The number of benzene rings is 1. The number of aromatic nitrogens is 1. The van der Waals surface area contributed by atoms with Crippen LogP contribution in [0.3, 0.4) is 0 Å². The predicted molar refractivity (Wildman–Crippen MR) is 77.4 cm³/mol. The van der Waals surface area contributed by atoms with Crippen molar-refractivity contribution in [2.45, 2.75) is 12.8 Å². The van der Waals surface area contributed by atoms with Crippen LogP contribution in [0.4, 0.5) is 5.69 Å². The minimum absolute atomic E-state index is 0.0160. The normalized spacial score (nSPS) is 16.4. The number of hydrogen-bond donors (Lipinski definition) is 1. The number of thiazole rings is 1. The standard InChI is InChI=1S/C13H15N3O3S/c17-16(18)13-10(1-2-11-12(13)15-8-20-11)19-7-9-3-5-14-6-4-9/h1-2,8-9,14H,3-7H2. The molecule has 7 heteroatoms. The van der Waals surface area contributed by atoms with Crippen LogP contribution in [0, 0.1) is 16.0 Å². The van der Waals surface area contributed by atoms with Crippen LogP contribution < -0.4 is 10.1 Å². The van der Waals surface area contributed by atoms with Crippen molar-refractivity contribution in [3.05, 3.63) is 27.8 Å². The number of hydrogen-bond acceptors (Lipinski definition) is 6. The van der Waals surface area contributed by atoms with E-state index in [1.54, 1.807) is 11.6 Å². The van der Waals surface area contributed by atoms with E-state index in [1.165, 1.54) is 11.3 Å². The highest BCUT2D eigenvalue weighted by Crippen LogP contribution is 2.36. The van der Waals surface area contributed by atoms with Crippen molar-refractivity contribution in [2.75, 3.05) is 19.7 Å². The number of nitro benzene ring substituents is 1. The highest BCUT2D eigenvalue weighted by atomic mass is 32.1. The molecule has 1 fully saturated rings. The zero-order chi connectivity index (χ0) is 13.9. The Kier molecular flexibility index (Phi) is 3.79. The van der Waals surface area contributed by atoms with Gasteiger partial charge in [-0.1, -0.05) is 0 Å². The Bertz CT molecular complexity index is 622. The fourth-order valence-corrected chi connectivity index (χ4v) is 3.13. The maximum Gasteiger partial charge on any atom is 0.337 e. The molecule has 1 aromatic carbocycles. The van der Waals surface area contributed by atoms with Crippen LogP contribution in [-0.4, -0.2) is 29.6 Å². The van der Waals surface area contributed by atoms with Crippen molar-refractivity contribution in [1.29, 1.82) is 0 Å². The van der Waals surface area contributed by atoms with Gasteiger partial charge < -0.3 is 10.1 Å². The Morgan fingerprint density at radius 1 is 1.45 bits per heavy atom. The first-order chi connectivity index (χ1) is 9.75. The molecule has 2 aromatic rings. The summed E-state index contributed by atoms with van der Waals surface area (Å²) in [6, 6.07) is 3.51. The van der Waals surface area contributed by atoms with Gasteiger partial charge in [0.15, 0.2) is 11.3 Å². The smallest absolute Gasteiger partial charge is 0.337 e. The molecular weight excluding hydrogens is 278 g/mol. The lowest BCUT2D eigenvalue weighted by Crippen LogP contribution is -2.30. The number of fused-ring (bicyclic) bond motifs is 1. The van der Waals surface area contributed by atoms with Gasteiger partial charge in [0.25, 0.3) is 0 Å². The van der Waals surface area contributed by atoms with E-state index in [4.69, 9.17) is 4.74 Å². The number of ether oxygens (including phenoxy) is 1. The molecule has 0 amide bonds. The first-order valence-electron chi connectivity index (χ1n) is 6.60. The van der Waals surface area contributed by atoms with E-state index in [2.05, 4.69) is 10.3 Å². The van der Waals surface area contributed by atoms with Crippen LogP contribution in [0.25, 0.3) is 10.2 Å². The van der Waals surface area contributed by atoms with Gasteiger partial charge in [0.2, 0.25) is 0 Å². The Balaban J connectivity index is 1.82. The van der Waals surface area contributed by atoms with E-state index in [9.17, 15) is 10.1 Å². The number of piperidine rings is 1. The minimum Gasteiger partial charge on any atom is -0.486 e. The van der Waals surface area contributed by atoms with E-state index in [1.807, 2.05) is 6.07 Å². The summed E-state index contributed by atoms with van der Waals surface area (Å²) in [5.74, 6) is 0.786. The molecule has 6 nitrogen and oxygen atoms in total. The summed E-state index contributed by atoms with van der Waals surface area (Å²) in [6.45, 7) is 2.50. The van der Waals surface area contributed by atoms with Gasteiger partial charge in [0.05, 0.1) is 21.7 Å². The number of rotatable bonds is 4. The van der Waals surface area contributed by atoms with Crippen molar-refractivity contribution in [3.8, 4) is 5.75 Å². The lowest BCUT2D eigenvalue weighted by Gasteiger charge is -2.22. The Labute approximate surface area is 119 Å². The average molecular weight is 293 g/mol. The summed E-state index contributed by atoms with van der Waals surface area (Å²) in [6.07, 6.45) is 2.10. The fourth-order valence-electron chi connectivity index (χ4n) is 2.45. The summed E-state index contributed by atoms with van der Waals surface area (Å²) in [4.78, 5) is 14.9. The lowest BCUT2D eigenvalue weighted by atomic mass is 9.99. The lowest BCUT2D eigenvalue weighted by molar-refractivity contribution is -0.384. The van der Waals surface area contributed by atoms with Crippen molar-refractivity contribution in [3.63, 3.8) is 0 Å². The predicted octanol–water partition coefficient (Wildman–Crippen LogP) is 2.58. The van der Waals surface area contributed by atoms with Crippen molar-refractivity contribution < 1.29 is 9.66 Å². The Morgan fingerprint density at radius 2 is 2.25 bits per heavy atom. The molecule has 0 radical (unpaired) electrons. The Hall–Kier alpha value is -1.73. The molecule has 0 spiro atoms. The molecule has 3 rings (SSSR count). The molecule has 0 unspecified atom stereocenters. The zero-order valence-corrected chi connectivity index (χ0v) is 11.7. The average Bonchev–Trinajstić information content (AvgIpc) is 2.93. The third-order valence-electron chi connectivity index (χ3n) is 3.55. The van der Waals surface area contributed by atoms with Crippen molar-refractivity contribution in [1.82, 2.24) is 10.3 Å². The molecule has 0 saturated carbocycles. The van der Waals surface area contributed by atoms with Gasteiger partial charge in [0, 0.05) is 0 Å². The molecular formula is C13H15N3O3S. The van der Waals surface area contributed by atoms with E-state index in [-0.39, 0.29) is 5.69 Å². The van der Waals surface area contributed by atoms with Crippen LogP contribution in [0.5, 0.6) is 5.75 Å². The quantitative estimate of drug-likeness (QED) is 0.692. The van der Waals surface area contributed by atoms with Crippen LogP contribution >= 0.6 is 11.3 Å². The van der Waals surface area contributed by atoms with Gasteiger partial charge in [-0.2, -0.15) is 0 Å². The third kappa shape index (κ3) is 2.59. The highest BCUT2D eigenvalue weighted by Gasteiger charge is 2.23. The Morgan fingerprint density at radius 3 is 3.00 bits per heavy atom. The van der Waals surface area contributed by atoms with Crippen molar-refractivity contribution in [2.24, 2.45) is 5.92 Å². The molecule has 0 aliphatic carbocycles. The molecule has 20 heavy (non-hydrogen) atoms. The summed E-state index contributed by atoms with van der Waals surface area (Å²) in [7, 11) is 0. The summed E-state index contributed by atoms with van der Waals surface area (Å²) in [5, 5.41) is 14.6. The van der Waals surface area contributed by atoms with Gasteiger partial charge in [-0.15, -0.1) is 11.3 Å². The van der Waals surface area contributed by atoms with Gasteiger partial charge >= 0.3 is 5.69 Å². The highest BCUT2D eigenvalue weighted by molar-refractivity contribution is 7.16. The van der Waals surface area contributed by atoms with Crippen LogP contribution in [0.1, 0.15) is 12.8 Å². The molecule has 0 bridgehead atoms. The monoisotopic (exact) mass is 293 g/mol. The van der Waals surface area contributed by atoms with Crippen LogP contribution in [0.2, 0.25) is 0 Å². The first-order valence-corrected chi connectivity index (χ1v) is 7.48. The third-order valence-corrected chi connectivity index (χ3v) is 4.35. The second-order valence-electron chi connectivity index (χ2n) is 4.87. The SMILES string of the molecule is O=[N+]([O-])c1c(OCC2CCNCC2)ccc2scnc12. The molecule has 2 heterocycles. The summed E-state index contributed by atoms with van der Waals surface area (Å²) in [5.41, 5.74) is 2.02. The fraction of sp³-hybridized carbons (Fsp3) is 0.462. The molecule has 1 saturated heterocycles. The molecule has 1 aromatic heterocycles. The molecule has 1 aliphatic rings. The topological polar surface area (TPSA) is 77.3 Å². The maximum absolute atomic E-state index is 11.3. The summed E-state index contributed by atoms with van der Waals surface area (Å²) >= 11 is 1.39. The summed E-state index contributed by atoms with van der Waals surface area (Å²) < 4.78 is 6.52. The molecule has 1 aliphatic heterocycles. The molecule has 106 valence electrons.